The van der Waals surface area contributed by atoms with E-state index in [1.54, 1.807) is 0 Å². The Morgan fingerprint density at radius 2 is 2.12 bits per heavy atom. The fourth-order valence-electron chi connectivity index (χ4n) is 2.66. The van der Waals surface area contributed by atoms with E-state index in [1.165, 1.54) is 47.4 Å². The van der Waals surface area contributed by atoms with Gasteiger partial charge in [-0.25, -0.2) is 0 Å². The van der Waals surface area contributed by atoms with E-state index in [0.717, 1.165) is 18.9 Å². The molecular formula is C15H23NS. The van der Waals surface area contributed by atoms with Crippen molar-refractivity contribution in [2.45, 2.75) is 45.4 Å². The Bertz CT molecular complexity index is 372. The van der Waals surface area contributed by atoms with Gasteiger partial charge in [0.15, 0.2) is 0 Å². The van der Waals surface area contributed by atoms with E-state index < -0.39 is 0 Å². The van der Waals surface area contributed by atoms with Crippen LogP contribution in [-0.2, 0) is 6.42 Å². The molecule has 1 heterocycles. The summed E-state index contributed by atoms with van der Waals surface area (Å²) < 4.78 is 0. The van der Waals surface area contributed by atoms with Gasteiger partial charge in [0.25, 0.3) is 0 Å². The van der Waals surface area contributed by atoms with Crippen molar-refractivity contribution in [3.05, 3.63) is 27.5 Å². The van der Waals surface area contributed by atoms with Crippen LogP contribution in [0.5, 0.6) is 0 Å². The Labute approximate surface area is 109 Å². The molecule has 0 amide bonds. The van der Waals surface area contributed by atoms with Crippen LogP contribution in [0.2, 0.25) is 0 Å². The maximum atomic E-state index is 5.93. The SMILES string of the molecule is CCc1ccc(C=C(CN)C2CCCCC2)s1. The lowest BCUT2D eigenvalue weighted by atomic mass is 9.83. The maximum absolute atomic E-state index is 5.93. The number of nitrogens with two attached hydrogens (primary N) is 1. The normalized spacial score (nSPS) is 18.6. The topological polar surface area (TPSA) is 26.0 Å². The number of hydrogen-bond acceptors (Lipinski definition) is 2. The first kappa shape index (κ1) is 12.8. The molecular weight excluding hydrogens is 226 g/mol. The van der Waals surface area contributed by atoms with Crippen LogP contribution in [0.4, 0.5) is 0 Å². The van der Waals surface area contributed by atoms with Crippen molar-refractivity contribution in [1.82, 2.24) is 0 Å². The Morgan fingerprint density at radius 3 is 2.71 bits per heavy atom. The van der Waals surface area contributed by atoms with E-state index in [9.17, 15) is 0 Å². The van der Waals surface area contributed by atoms with Gasteiger partial charge in [0.05, 0.1) is 0 Å². The summed E-state index contributed by atoms with van der Waals surface area (Å²) >= 11 is 1.91. The van der Waals surface area contributed by atoms with E-state index in [4.69, 9.17) is 5.73 Å². The molecule has 1 nitrogen and oxygen atoms in total. The summed E-state index contributed by atoms with van der Waals surface area (Å²) in [5, 5.41) is 0. The van der Waals surface area contributed by atoms with E-state index in [-0.39, 0.29) is 0 Å². The lowest BCUT2D eigenvalue weighted by Gasteiger charge is -2.23. The van der Waals surface area contributed by atoms with Crippen molar-refractivity contribution in [1.29, 1.82) is 0 Å². The number of hydrogen-bond donors (Lipinski definition) is 1. The van der Waals surface area contributed by atoms with Crippen LogP contribution in [0.3, 0.4) is 0 Å². The third-order valence-corrected chi connectivity index (χ3v) is 4.90. The van der Waals surface area contributed by atoms with Crippen LogP contribution in [0.1, 0.15) is 48.8 Å². The summed E-state index contributed by atoms with van der Waals surface area (Å²) in [6.07, 6.45) is 10.3. The molecule has 2 rings (SSSR count). The summed E-state index contributed by atoms with van der Waals surface area (Å²) in [6.45, 7) is 2.94. The summed E-state index contributed by atoms with van der Waals surface area (Å²) in [6, 6.07) is 4.48. The van der Waals surface area contributed by atoms with Crippen molar-refractivity contribution in [2.24, 2.45) is 11.7 Å². The van der Waals surface area contributed by atoms with Crippen molar-refractivity contribution < 1.29 is 0 Å². The van der Waals surface area contributed by atoms with Crippen LogP contribution < -0.4 is 5.73 Å². The third-order valence-electron chi connectivity index (χ3n) is 3.72. The lowest BCUT2D eigenvalue weighted by molar-refractivity contribution is 0.401. The van der Waals surface area contributed by atoms with Crippen LogP contribution in [0.15, 0.2) is 17.7 Å². The minimum Gasteiger partial charge on any atom is -0.327 e. The second-order valence-corrected chi connectivity index (χ2v) is 6.12. The predicted octanol–water partition coefficient (Wildman–Crippen LogP) is 4.23. The van der Waals surface area contributed by atoms with Gasteiger partial charge >= 0.3 is 0 Å². The molecule has 0 aliphatic heterocycles. The van der Waals surface area contributed by atoms with Gasteiger partial charge < -0.3 is 5.73 Å². The molecule has 1 aliphatic carbocycles. The Hall–Kier alpha value is -0.600. The lowest BCUT2D eigenvalue weighted by Crippen LogP contribution is -2.15. The van der Waals surface area contributed by atoms with Gasteiger partial charge in [-0.2, -0.15) is 0 Å². The van der Waals surface area contributed by atoms with Crippen LogP contribution in [-0.4, -0.2) is 6.54 Å². The Morgan fingerprint density at radius 1 is 1.35 bits per heavy atom. The van der Waals surface area contributed by atoms with Gasteiger partial charge in [-0.3, -0.25) is 0 Å². The highest BCUT2D eigenvalue weighted by Gasteiger charge is 2.16. The van der Waals surface area contributed by atoms with E-state index in [2.05, 4.69) is 25.1 Å². The van der Waals surface area contributed by atoms with Crippen molar-refractivity contribution >= 4 is 17.4 Å². The van der Waals surface area contributed by atoms with E-state index >= 15 is 0 Å². The first-order valence-corrected chi connectivity index (χ1v) is 7.64. The molecule has 1 aromatic rings. The fourth-order valence-corrected chi connectivity index (χ4v) is 3.59. The summed E-state index contributed by atoms with van der Waals surface area (Å²) in [5.74, 6) is 0.751. The predicted molar refractivity (Wildman–Crippen MR) is 77.3 cm³/mol. The zero-order valence-electron chi connectivity index (χ0n) is 10.7. The van der Waals surface area contributed by atoms with Gasteiger partial charge in [0.1, 0.15) is 0 Å². The summed E-state index contributed by atoms with van der Waals surface area (Å²) in [4.78, 5) is 2.85. The van der Waals surface area contributed by atoms with Crippen LogP contribution in [0.25, 0.3) is 6.08 Å². The monoisotopic (exact) mass is 249 g/mol. The van der Waals surface area contributed by atoms with Crippen molar-refractivity contribution in [3.63, 3.8) is 0 Å². The van der Waals surface area contributed by atoms with Gasteiger partial charge in [-0.15, -0.1) is 11.3 Å². The van der Waals surface area contributed by atoms with Gasteiger partial charge in [0, 0.05) is 16.3 Å². The third kappa shape index (κ3) is 3.43. The van der Waals surface area contributed by atoms with Crippen LogP contribution in [0, 0.1) is 5.92 Å². The highest BCUT2D eigenvalue weighted by molar-refractivity contribution is 7.12. The number of thiophene rings is 1. The molecule has 0 atom stereocenters. The second-order valence-electron chi connectivity index (χ2n) is 4.92. The number of rotatable bonds is 4. The van der Waals surface area contributed by atoms with Gasteiger partial charge in [-0.1, -0.05) is 31.8 Å². The standard InChI is InChI=1S/C15H23NS/c1-2-14-8-9-15(17-14)10-13(11-16)12-6-4-3-5-7-12/h8-10,12H,2-7,11,16H2,1H3. The molecule has 1 fully saturated rings. The molecule has 2 N–H and O–H groups in total. The van der Waals surface area contributed by atoms with E-state index in [0.29, 0.717) is 0 Å². The minimum atomic E-state index is 0.726. The molecule has 0 bridgehead atoms. The van der Waals surface area contributed by atoms with Gasteiger partial charge in [0.2, 0.25) is 0 Å². The van der Waals surface area contributed by atoms with Gasteiger partial charge in [-0.05, 0) is 43.4 Å². The number of aryl methyl sites for hydroxylation is 1. The van der Waals surface area contributed by atoms with Crippen molar-refractivity contribution in [2.75, 3.05) is 6.54 Å². The second kappa shape index (κ2) is 6.36. The first-order valence-electron chi connectivity index (χ1n) is 6.82. The molecule has 0 spiro atoms. The molecule has 1 aliphatic rings. The molecule has 1 aromatic heterocycles. The molecule has 0 radical (unpaired) electrons. The molecule has 94 valence electrons. The smallest absolute Gasteiger partial charge is 0.0273 e. The highest BCUT2D eigenvalue weighted by atomic mass is 32.1. The molecule has 17 heavy (non-hydrogen) atoms. The zero-order valence-corrected chi connectivity index (χ0v) is 11.6. The maximum Gasteiger partial charge on any atom is 0.0273 e. The molecule has 0 aromatic carbocycles. The molecule has 0 saturated heterocycles. The molecule has 2 heteroatoms. The first-order chi connectivity index (χ1) is 8.33. The summed E-state index contributed by atoms with van der Waals surface area (Å²) in [5.41, 5.74) is 7.39. The molecule has 1 saturated carbocycles. The minimum absolute atomic E-state index is 0.726. The average Bonchev–Trinajstić information content (AvgIpc) is 2.84. The summed E-state index contributed by atoms with van der Waals surface area (Å²) in [7, 11) is 0. The quantitative estimate of drug-likeness (QED) is 0.849. The average molecular weight is 249 g/mol. The highest BCUT2D eigenvalue weighted by Crippen LogP contribution is 2.31. The largest absolute Gasteiger partial charge is 0.327 e. The van der Waals surface area contributed by atoms with E-state index in [1.807, 2.05) is 11.3 Å². The Kier molecular flexibility index (Phi) is 4.81. The Balaban J connectivity index is 2.10. The van der Waals surface area contributed by atoms with Crippen LogP contribution >= 0.6 is 11.3 Å². The molecule has 0 unspecified atom stereocenters. The zero-order chi connectivity index (χ0) is 12.1. The fraction of sp³-hybridized carbons (Fsp3) is 0.600. The van der Waals surface area contributed by atoms with Crippen molar-refractivity contribution in [3.8, 4) is 0 Å².